The van der Waals surface area contributed by atoms with Gasteiger partial charge in [0.25, 0.3) is 5.91 Å². The number of methoxy groups -OCH3 is 1. The number of ether oxygens (including phenoxy) is 2. The number of nitrogens with zero attached hydrogens (tertiary/aromatic N) is 2. The molecule has 0 unspecified atom stereocenters. The zero-order valence-corrected chi connectivity index (χ0v) is 19.5. The van der Waals surface area contributed by atoms with Crippen LogP contribution in [-0.2, 0) is 17.9 Å². The van der Waals surface area contributed by atoms with Crippen LogP contribution in [0, 0.1) is 5.82 Å². The van der Waals surface area contributed by atoms with Crippen molar-refractivity contribution in [3.63, 3.8) is 0 Å². The Morgan fingerprint density at radius 1 is 1.09 bits per heavy atom. The molecule has 2 heterocycles. The number of rotatable bonds is 8. The Bertz CT molecular complexity index is 1300. The normalized spacial score (nSPS) is 10.7. The minimum Gasteiger partial charge on any atom is -0.486 e. The molecule has 2 aromatic heterocycles. The van der Waals surface area contributed by atoms with E-state index in [2.05, 4.69) is 31.1 Å². The maximum atomic E-state index is 13.1. The van der Waals surface area contributed by atoms with Crippen molar-refractivity contribution in [3.8, 4) is 5.75 Å². The highest BCUT2D eigenvalue weighted by Gasteiger charge is 2.16. The Balaban J connectivity index is 1.34. The van der Waals surface area contributed by atoms with Crippen LogP contribution in [0.25, 0.3) is 0 Å². The van der Waals surface area contributed by atoms with Gasteiger partial charge in [0.05, 0.1) is 23.7 Å². The van der Waals surface area contributed by atoms with Gasteiger partial charge in [0.2, 0.25) is 0 Å². The number of anilines is 1. The van der Waals surface area contributed by atoms with E-state index in [9.17, 15) is 14.0 Å². The molecule has 1 amide bonds. The fourth-order valence-electron chi connectivity index (χ4n) is 3.05. The molecule has 4 aromatic rings. The molecule has 0 aliphatic carbocycles. The van der Waals surface area contributed by atoms with Crippen molar-refractivity contribution in [2.75, 3.05) is 12.4 Å². The topological polar surface area (TPSA) is 95.6 Å². The van der Waals surface area contributed by atoms with Crippen molar-refractivity contribution < 1.29 is 27.9 Å². The van der Waals surface area contributed by atoms with E-state index in [1.54, 1.807) is 53.3 Å². The number of hydrogen-bond acceptors (Lipinski definition) is 6. The van der Waals surface area contributed by atoms with Gasteiger partial charge >= 0.3 is 5.97 Å². The van der Waals surface area contributed by atoms with E-state index < -0.39 is 11.9 Å². The SMILES string of the molecule is COC(=O)c1ccc(OCc2ccc(C(=O)Nc3nn(Cc4ccc(F)cc4)cc3Br)o2)cc1. The van der Waals surface area contributed by atoms with Gasteiger partial charge in [-0.1, -0.05) is 12.1 Å². The van der Waals surface area contributed by atoms with E-state index in [4.69, 9.17) is 9.15 Å². The molecule has 0 radical (unpaired) electrons. The molecule has 1 N–H and O–H groups in total. The number of nitrogens with one attached hydrogen (secondary N) is 1. The lowest BCUT2D eigenvalue weighted by molar-refractivity contribution is 0.0600. The maximum absolute atomic E-state index is 13.1. The number of aromatic nitrogens is 2. The summed E-state index contributed by atoms with van der Waals surface area (Å²) in [6, 6.07) is 15.7. The summed E-state index contributed by atoms with van der Waals surface area (Å²) in [4.78, 5) is 24.1. The molecule has 0 saturated carbocycles. The van der Waals surface area contributed by atoms with Gasteiger partial charge in [-0.2, -0.15) is 5.10 Å². The molecule has 0 atom stereocenters. The van der Waals surface area contributed by atoms with Crippen LogP contribution >= 0.6 is 15.9 Å². The molecule has 0 fully saturated rings. The molecular weight excluding hydrogens is 509 g/mol. The number of furan rings is 1. The largest absolute Gasteiger partial charge is 0.486 e. The van der Waals surface area contributed by atoms with Crippen molar-refractivity contribution in [2.45, 2.75) is 13.2 Å². The summed E-state index contributed by atoms with van der Waals surface area (Å²) in [5.74, 6) is 0.194. The van der Waals surface area contributed by atoms with Crippen molar-refractivity contribution in [2.24, 2.45) is 0 Å². The second-order valence-corrected chi connectivity index (χ2v) is 8.03. The van der Waals surface area contributed by atoms with Gasteiger partial charge in [0.1, 0.15) is 23.9 Å². The second-order valence-electron chi connectivity index (χ2n) is 7.17. The summed E-state index contributed by atoms with van der Waals surface area (Å²) < 4.78 is 31.2. The number of halogens is 2. The summed E-state index contributed by atoms with van der Waals surface area (Å²) in [5.41, 5.74) is 1.28. The van der Waals surface area contributed by atoms with Gasteiger partial charge in [-0.3, -0.25) is 9.48 Å². The van der Waals surface area contributed by atoms with Crippen LogP contribution in [0.15, 0.2) is 75.8 Å². The zero-order valence-electron chi connectivity index (χ0n) is 18.0. The van der Waals surface area contributed by atoms with Gasteiger partial charge < -0.3 is 19.2 Å². The van der Waals surface area contributed by atoms with Crippen LogP contribution in [0.1, 0.15) is 32.2 Å². The number of esters is 1. The molecule has 0 aliphatic rings. The zero-order chi connectivity index (χ0) is 24.1. The third-order valence-electron chi connectivity index (χ3n) is 4.75. The average Bonchev–Trinajstić information content (AvgIpc) is 3.45. The van der Waals surface area contributed by atoms with Crippen LogP contribution in [0.3, 0.4) is 0 Å². The van der Waals surface area contributed by atoms with E-state index in [1.165, 1.54) is 25.3 Å². The molecule has 174 valence electrons. The smallest absolute Gasteiger partial charge is 0.337 e. The number of amides is 1. The standard InChI is InChI=1S/C24H19BrFN3O5/c1-32-24(31)16-4-8-18(9-5-16)33-14-19-10-11-21(34-19)23(30)27-22-20(25)13-29(28-22)12-15-2-6-17(26)7-3-15/h2-11,13H,12,14H2,1H3,(H,27,28,30). The highest BCUT2D eigenvalue weighted by atomic mass is 79.9. The van der Waals surface area contributed by atoms with Crippen molar-refractivity contribution in [3.05, 3.63) is 99.8 Å². The minimum absolute atomic E-state index is 0.0969. The highest BCUT2D eigenvalue weighted by Crippen LogP contribution is 2.22. The lowest BCUT2D eigenvalue weighted by Gasteiger charge is -2.05. The second kappa shape index (κ2) is 10.3. The maximum Gasteiger partial charge on any atom is 0.337 e. The molecule has 10 heteroatoms. The van der Waals surface area contributed by atoms with Crippen LogP contribution in [0.5, 0.6) is 5.75 Å². The lowest BCUT2D eigenvalue weighted by atomic mass is 10.2. The minimum atomic E-state index is -0.471. The highest BCUT2D eigenvalue weighted by molar-refractivity contribution is 9.10. The summed E-state index contributed by atoms with van der Waals surface area (Å²) in [5, 5.41) is 7.04. The van der Waals surface area contributed by atoms with Gasteiger partial charge in [0.15, 0.2) is 11.6 Å². The Morgan fingerprint density at radius 2 is 1.82 bits per heavy atom. The predicted octanol–water partition coefficient (Wildman–Crippen LogP) is 5.04. The summed E-state index contributed by atoms with van der Waals surface area (Å²) in [6.07, 6.45) is 1.71. The van der Waals surface area contributed by atoms with Crippen molar-refractivity contribution in [1.29, 1.82) is 0 Å². The molecule has 2 aromatic carbocycles. The van der Waals surface area contributed by atoms with E-state index in [0.29, 0.717) is 33.9 Å². The number of benzene rings is 2. The van der Waals surface area contributed by atoms with Gasteiger partial charge in [-0.25, -0.2) is 9.18 Å². The number of carbonyl (C=O) groups excluding carboxylic acids is 2. The van der Waals surface area contributed by atoms with Crippen LogP contribution in [-0.4, -0.2) is 28.8 Å². The summed E-state index contributed by atoms with van der Waals surface area (Å²) in [7, 11) is 1.32. The molecule has 0 spiro atoms. The van der Waals surface area contributed by atoms with E-state index in [0.717, 1.165) is 5.56 Å². The Kier molecular flexibility index (Phi) is 7.07. The quantitative estimate of drug-likeness (QED) is 0.322. The van der Waals surface area contributed by atoms with Gasteiger partial charge in [-0.15, -0.1) is 0 Å². The molecule has 0 bridgehead atoms. The third-order valence-corrected chi connectivity index (χ3v) is 5.33. The molecule has 4 rings (SSSR count). The van der Waals surface area contributed by atoms with Crippen molar-refractivity contribution in [1.82, 2.24) is 9.78 Å². The summed E-state index contributed by atoms with van der Waals surface area (Å²) >= 11 is 3.38. The third kappa shape index (κ3) is 5.70. The molecule has 0 saturated heterocycles. The van der Waals surface area contributed by atoms with Crippen LogP contribution in [0.2, 0.25) is 0 Å². The number of hydrogen-bond donors (Lipinski definition) is 1. The first-order valence-corrected chi connectivity index (χ1v) is 10.9. The monoisotopic (exact) mass is 527 g/mol. The van der Waals surface area contributed by atoms with E-state index in [1.807, 2.05) is 0 Å². The Morgan fingerprint density at radius 3 is 2.53 bits per heavy atom. The fraction of sp³-hybridized carbons (Fsp3) is 0.125. The fourth-order valence-corrected chi connectivity index (χ4v) is 3.46. The van der Waals surface area contributed by atoms with Gasteiger partial charge in [-0.05, 0) is 70.0 Å². The molecule has 34 heavy (non-hydrogen) atoms. The van der Waals surface area contributed by atoms with Gasteiger partial charge in [0, 0.05) is 6.20 Å². The summed E-state index contributed by atoms with van der Waals surface area (Å²) in [6.45, 7) is 0.512. The molecule has 8 nitrogen and oxygen atoms in total. The lowest BCUT2D eigenvalue weighted by Crippen LogP contribution is -2.12. The van der Waals surface area contributed by atoms with Crippen molar-refractivity contribution >= 4 is 33.6 Å². The Labute approximate surface area is 202 Å². The average molecular weight is 528 g/mol. The molecular formula is C24H19BrFN3O5. The van der Waals surface area contributed by atoms with Crippen LogP contribution in [0.4, 0.5) is 10.2 Å². The first-order chi connectivity index (χ1) is 16.4. The first-order valence-electron chi connectivity index (χ1n) is 10.1. The first kappa shape index (κ1) is 23.2. The van der Waals surface area contributed by atoms with Crippen LogP contribution < -0.4 is 10.1 Å². The molecule has 0 aliphatic heterocycles. The van der Waals surface area contributed by atoms with E-state index in [-0.39, 0.29) is 18.2 Å². The number of carbonyl (C=O) groups is 2. The Hall–Kier alpha value is -3.92. The predicted molar refractivity (Wildman–Crippen MR) is 124 cm³/mol. The van der Waals surface area contributed by atoms with E-state index >= 15 is 0 Å².